The summed E-state index contributed by atoms with van der Waals surface area (Å²) >= 11 is 3.88. The number of aryl methyl sites for hydroxylation is 2. The van der Waals surface area contributed by atoms with Crippen molar-refractivity contribution in [3.8, 4) is 0 Å². The molecule has 0 saturated carbocycles. The molecule has 0 fully saturated rings. The highest BCUT2D eigenvalue weighted by Gasteiger charge is 2.03. The van der Waals surface area contributed by atoms with Crippen LogP contribution in [-0.4, -0.2) is 0 Å². The van der Waals surface area contributed by atoms with Gasteiger partial charge in [0, 0.05) is 15.1 Å². The molecule has 0 aromatic carbocycles. The molecule has 0 spiro atoms. The van der Waals surface area contributed by atoms with Gasteiger partial charge in [-0.15, -0.1) is 22.7 Å². The van der Waals surface area contributed by atoms with Crippen molar-refractivity contribution in [1.82, 2.24) is 0 Å². The summed E-state index contributed by atoms with van der Waals surface area (Å²) in [6, 6.07) is 4.63. The van der Waals surface area contributed by atoms with E-state index in [2.05, 4.69) is 26.0 Å². The zero-order chi connectivity index (χ0) is 8.55. The maximum atomic E-state index is 2.34. The molecule has 12 heavy (non-hydrogen) atoms. The standard InChI is InChI=1S/C10H12S2/c1-3-4-9-6-8-5-7(2)11-10(8)12-9/h5-6H,3-4H2,1-2H3. The third-order valence-corrected chi connectivity index (χ3v) is 4.25. The van der Waals surface area contributed by atoms with Gasteiger partial charge in [0.15, 0.2) is 0 Å². The van der Waals surface area contributed by atoms with E-state index in [9.17, 15) is 0 Å². The normalized spacial score (nSPS) is 11.2. The van der Waals surface area contributed by atoms with Crippen molar-refractivity contribution in [1.29, 1.82) is 0 Å². The molecule has 0 saturated heterocycles. The fourth-order valence-corrected chi connectivity index (χ4v) is 3.95. The molecule has 64 valence electrons. The van der Waals surface area contributed by atoms with E-state index >= 15 is 0 Å². The fourth-order valence-electron chi connectivity index (χ4n) is 1.38. The van der Waals surface area contributed by atoms with Crippen LogP contribution in [0.5, 0.6) is 0 Å². The summed E-state index contributed by atoms with van der Waals surface area (Å²) in [4.78, 5) is 2.97. The van der Waals surface area contributed by atoms with E-state index in [1.54, 1.807) is 4.88 Å². The molecular weight excluding hydrogens is 184 g/mol. The van der Waals surface area contributed by atoms with Gasteiger partial charge in [0.05, 0.1) is 4.01 Å². The Bertz CT molecular complexity index is 350. The number of hydrogen-bond acceptors (Lipinski definition) is 2. The third-order valence-electron chi connectivity index (χ3n) is 1.88. The topological polar surface area (TPSA) is 0 Å². The van der Waals surface area contributed by atoms with Crippen molar-refractivity contribution in [2.45, 2.75) is 26.7 Å². The molecule has 2 aromatic rings. The first-order valence-electron chi connectivity index (χ1n) is 4.28. The summed E-state index contributed by atoms with van der Waals surface area (Å²) in [5, 5.41) is 1.45. The van der Waals surface area contributed by atoms with E-state index in [0.717, 1.165) is 0 Å². The van der Waals surface area contributed by atoms with Crippen LogP contribution >= 0.6 is 22.7 Å². The van der Waals surface area contributed by atoms with Gasteiger partial charge in [0.2, 0.25) is 0 Å². The zero-order valence-electron chi connectivity index (χ0n) is 7.39. The second kappa shape index (κ2) is 3.19. The summed E-state index contributed by atoms with van der Waals surface area (Å²) in [5.74, 6) is 0. The zero-order valence-corrected chi connectivity index (χ0v) is 9.02. The van der Waals surface area contributed by atoms with E-state index in [1.807, 2.05) is 22.7 Å². The summed E-state index contributed by atoms with van der Waals surface area (Å²) in [6.45, 7) is 4.41. The van der Waals surface area contributed by atoms with Gasteiger partial charge in [-0.05, 0) is 25.5 Å². The second-order valence-electron chi connectivity index (χ2n) is 3.06. The van der Waals surface area contributed by atoms with Crippen molar-refractivity contribution in [3.05, 3.63) is 21.9 Å². The highest BCUT2D eigenvalue weighted by Crippen LogP contribution is 2.33. The SMILES string of the molecule is CCCc1cc2cc(C)sc2s1. The van der Waals surface area contributed by atoms with Crippen molar-refractivity contribution >= 4 is 32.1 Å². The van der Waals surface area contributed by atoms with E-state index in [4.69, 9.17) is 0 Å². The molecule has 0 atom stereocenters. The lowest BCUT2D eigenvalue weighted by molar-refractivity contribution is 0.941. The molecule has 0 radical (unpaired) electrons. The molecule has 2 aromatic heterocycles. The van der Waals surface area contributed by atoms with Crippen LogP contribution in [-0.2, 0) is 6.42 Å². The van der Waals surface area contributed by atoms with Gasteiger partial charge < -0.3 is 0 Å². The number of fused-ring (bicyclic) bond motifs is 1. The maximum Gasteiger partial charge on any atom is 0.0870 e. The van der Waals surface area contributed by atoms with Gasteiger partial charge in [0.1, 0.15) is 0 Å². The molecule has 0 N–H and O–H groups in total. The van der Waals surface area contributed by atoms with Crippen LogP contribution in [0.4, 0.5) is 0 Å². The summed E-state index contributed by atoms with van der Waals surface area (Å²) in [5.41, 5.74) is 0. The van der Waals surface area contributed by atoms with E-state index in [0.29, 0.717) is 0 Å². The lowest BCUT2D eigenvalue weighted by Gasteiger charge is -1.87. The van der Waals surface area contributed by atoms with Crippen LogP contribution in [0.3, 0.4) is 0 Å². The first kappa shape index (κ1) is 8.27. The van der Waals surface area contributed by atoms with E-state index in [-0.39, 0.29) is 0 Å². The fraction of sp³-hybridized carbons (Fsp3) is 0.400. The Hall–Kier alpha value is -0.340. The average molecular weight is 196 g/mol. The van der Waals surface area contributed by atoms with E-state index < -0.39 is 0 Å². The van der Waals surface area contributed by atoms with Crippen LogP contribution < -0.4 is 0 Å². The number of rotatable bonds is 2. The quantitative estimate of drug-likeness (QED) is 0.674. The Labute approximate surface area is 80.9 Å². The summed E-state index contributed by atoms with van der Waals surface area (Å²) < 4.78 is 1.50. The first-order valence-corrected chi connectivity index (χ1v) is 5.91. The van der Waals surface area contributed by atoms with Gasteiger partial charge in [-0.1, -0.05) is 13.3 Å². The maximum absolute atomic E-state index is 2.34. The van der Waals surface area contributed by atoms with Gasteiger partial charge in [0.25, 0.3) is 0 Å². The minimum absolute atomic E-state index is 1.24. The molecular formula is C10H12S2. The molecule has 0 bridgehead atoms. The molecule has 2 rings (SSSR count). The Morgan fingerprint density at radius 3 is 2.75 bits per heavy atom. The largest absolute Gasteiger partial charge is 0.130 e. The highest BCUT2D eigenvalue weighted by atomic mass is 32.2. The van der Waals surface area contributed by atoms with Gasteiger partial charge >= 0.3 is 0 Å². The van der Waals surface area contributed by atoms with Crippen LogP contribution in [0, 0.1) is 6.92 Å². The lowest BCUT2D eigenvalue weighted by Crippen LogP contribution is -1.72. The molecule has 0 amide bonds. The number of thiophene rings is 2. The lowest BCUT2D eigenvalue weighted by atomic mass is 10.2. The molecule has 2 heterocycles. The van der Waals surface area contributed by atoms with Gasteiger partial charge in [-0.2, -0.15) is 0 Å². The summed E-state index contributed by atoms with van der Waals surface area (Å²) in [6.07, 6.45) is 2.50. The third kappa shape index (κ3) is 1.41. The smallest absolute Gasteiger partial charge is 0.0870 e. The van der Waals surface area contributed by atoms with Crippen LogP contribution in [0.15, 0.2) is 12.1 Å². The predicted molar refractivity (Wildman–Crippen MR) is 58.4 cm³/mol. The van der Waals surface area contributed by atoms with Crippen LogP contribution in [0.25, 0.3) is 9.40 Å². The number of hydrogen-bond donors (Lipinski definition) is 0. The second-order valence-corrected chi connectivity index (χ2v) is 5.71. The monoisotopic (exact) mass is 196 g/mol. The van der Waals surface area contributed by atoms with E-state index in [1.165, 1.54) is 27.1 Å². The van der Waals surface area contributed by atoms with Gasteiger partial charge in [-0.25, -0.2) is 0 Å². The minimum atomic E-state index is 1.24. The van der Waals surface area contributed by atoms with Crippen LogP contribution in [0.1, 0.15) is 23.1 Å². The Balaban J connectivity index is 2.43. The van der Waals surface area contributed by atoms with Crippen molar-refractivity contribution in [3.63, 3.8) is 0 Å². The molecule has 2 heteroatoms. The predicted octanol–water partition coefficient (Wildman–Crippen LogP) is 4.22. The highest BCUT2D eigenvalue weighted by molar-refractivity contribution is 7.38. The molecule has 0 aliphatic heterocycles. The summed E-state index contributed by atoms with van der Waals surface area (Å²) in [7, 11) is 0. The van der Waals surface area contributed by atoms with Gasteiger partial charge in [-0.3, -0.25) is 0 Å². The Morgan fingerprint density at radius 2 is 2.08 bits per heavy atom. The first-order chi connectivity index (χ1) is 5.79. The molecule has 0 aliphatic rings. The van der Waals surface area contributed by atoms with Crippen molar-refractivity contribution in [2.75, 3.05) is 0 Å². The average Bonchev–Trinajstić information content (AvgIpc) is 2.44. The van der Waals surface area contributed by atoms with Crippen molar-refractivity contribution < 1.29 is 0 Å². The molecule has 0 aliphatic carbocycles. The molecule has 0 nitrogen and oxygen atoms in total. The Morgan fingerprint density at radius 1 is 1.25 bits per heavy atom. The minimum Gasteiger partial charge on any atom is -0.130 e. The van der Waals surface area contributed by atoms with Crippen LogP contribution in [0.2, 0.25) is 0 Å². The van der Waals surface area contributed by atoms with Crippen molar-refractivity contribution in [2.24, 2.45) is 0 Å². The Kier molecular flexibility index (Phi) is 2.20. The molecule has 0 unspecified atom stereocenters.